The number of methoxy groups -OCH3 is 1. The minimum absolute atomic E-state index is 0.00213. The number of halogens is 1. The molecule has 3 nitrogen and oxygen atoms in total. The average Bonchev–Trinajstić information content (AvgIpc) is 2.14. The summed E-state index contributed by atoms with van der Waals surface area (Å²) in [5.41, 5.74) is 0.801. The maximum atomic E-state index is 13.0. The van der Waals surface area contributed by atoms with Crippen molar-refractivity contribution >= 4 is 0 Å². The molecule has 2 N–H and O–H groups in total. The second-order valence-corrected chi connectivity index (χ2v) is 2.98. The van der Waals surface area contributed by atoms with E-state index >= 15 is 0 Å². The number of hydrogen-bond acceptors (Lipinski definition) is 3. The van der Waals surface area contributed by atoms with E-state index in [1.54, 1.807) is 0 Å². The van der Waals surface area contributed by atoms with E-state index in [2.05, 4.69) is 0 Å². The number of rotatable bonds is 4. The molecule has 0 spiro atoms. The lowest BCUT2D eigenvalue weighted by atomic mass is 10.1. The first-order valence-corrected chi connectivity index (χ1v) is 4.29. The van der Waals surface area contributed by atoms with Gasteiger partial charge in [-0.2, -0.15) is 0 Å². The highest BCUT2D eigenvalue weighted by Crippen LogP contribution is 2.25. The van der Waals surface area contributed by atoms with Crippen molar-refractivity contribution in [1.29, 1.82) is 0 Å². The van der Waals surface area contributed by atoms with E-state index in [1.165, 1.54) is 19.2 Å². The van der Waals surface area contributed by atoms with Gasteiger partial charge in [0.1, 0.15) is 11.6 Å². The van der Waals surface area contributed by atoms with E-state index in [0.717, 1.165) is 0 Å². The molecule has 0 saturated carbocycles. The van der Waals surface area contributed by atoms with Gasteiger partial charge in [0.05, 0.1) is 6.61 Å². The van der Waals surface area contributed by atoms with Crippen LogP contribution in [0.15, 0.2) is 12.1 Å². The van der Waals surface area contributed by atoms with Gasteiger partial charge in [0, 0.05) is 19.3 Å². The molecular weight excluding hydrogens is 187 g/mol. The molecule has 0 radical (unpaired) electrons. The number of aromatic hydroxyl groups is 1. The van der Waals surface area contributed by atoms with Crippen LogP contribution in [0.1, 0.15) is 11.1 Å². The lowest BCUT2D eigenvalue weighted by molar-refractivity contribution is 0.181. The van der Waals surface area contributed by atoms with Crippen LogP contribution in [0.25, 0.3) is 0 Å². The third-order valence-electron chi connectivity index (χ3n) is 1.91. The van der Waals surface area contributed by atoms with Crippen LogP contribution < -0.4 is 0 Å². The van der Waals surface area contributed by atoms with Crippen molar-refractivity contribution < 1.29 is 19.3 Å². The van der Waals surface area contributed by atoms with Crippen molar-refractivity contribution in [2.24, 2.45) is 0 Å². The van der Waals surface area contributed by atoms with Gasteiger partial charge in [0.2, 0.25) is 0 Å². The van der Waals surface area contributed by atoms with Gasteiger partial charge in [-0.1, -0.05) is 0 Å². The quantitative estimate of drug-likeness (QED) is 0.768. The Balaban J connectivity index is 3.04. The summed E-state index contributed by atoms with van der Waals surface area (Å²) in [5.74, 6) is -0.430. The van der Waals surface area contributed by atoms with E-state index in [9.17, 15) is 9.50 Å². The molecule has 14 heavy (non-hydrogen) atoms. The van der Waals surface area contributed by atoms with Crippen LogP contribution in [-0.2, 0) is 17.8 Å². The van der Waals surface area contributed by atoms with Crippen LogP contribution in [0.2, 0.25) is 0 Å². The van der Waals surface area contributed by atoms with Crippen LogP contribution in [0.3, 0.4) is 0 Å². The minimum Gasteiger partial charge on any atom is -0.507 e. The Labute approximate surface area is 81.8 Å². The molecule has 1 aromatic rings. The minimum atomic E-state index is -0.432. The number of phenolic OH excluding ortho intramolecular Hbond substituents is 1. The molecule has 0 aliphatic heterocycles. The Morgan fingerprint density at radius 3 is 2.57 bits per heavy atom. The first kappa shape index (κ1) is 10.9. The summed E-state index contributed by atoms with van der Waals surface area (Å²) in [6.45, 7) is 0.0332. The van der Waals surface area contributed by atoms with Crippen molar-refractivity contribution in [3.05, 3.63) is 29.1 Å². The van der Waals surface area contributed by atoms with Crippen molar-refractivity contribution in [3.8, 4) is 5.75 Å². The molecule has 0 bridgehead atoms. The monoisotopic (exact) mass is 200 g/mol. The molecule has 0 saturated heterocycles. The molecule has 0 heterocycles. The predicted octanol–water partition coefficient (Wildman–Crippen LogP) is 1.21. The third kappa shape index (κ3) is 2.43. The summed E-state index contributed by atoms with van der Waals surface area (Å²) >= 11 is 0. The summed E-state index contributed by atoms with van der Waals surface area (Å²) in [7, 11) is 1.47. The normalized spacial score (nSPS) is 10.5. The Bertz CT molecular complexity index is 285. The smallest absolute Gasteiger partial charge is 0.124 e. The van der Waals surface area contributed by atoms with Crippen molar-refractivity contribution in [2.45, 2.75) is 13.0 Å². The number of hydrogen-bond donors (Lipinski definition) is 2. The maximum absolute atomic E-state index is 13.0. The van der Waals surface area contributed by atoms with Crippen LogP contribution in [0.4, 0.5) is 4.39 Å². The number of phenols is 1. The van der Waals surface area contributed by atoms with Crippen LogP contribution in [0, 0.1) is 5.82 Å². The summed E-state index contributed by atoms with van der Waals surface area (Å²) in [5, 5.41) is 18.3. The molecule has 78 valence electrons. The van der Waals surface area contributed by atoms with E-state index in [4.69, 9.17) is 9.84 Å². The molecule has 0 aliphatic rings. The second kappa shape index (κ2) is 4.93. The highest BCUT2D eigenvalue weighted by Gasteiger charge is 2.09. The standard InChI is InChI=1S/C10H13FO3/c1-14-6-8-5-9(11)4-7(2-3-12)10(8)13/h4-5,12-13H,2-3,6H2,1H3. The number of aliphatic hydroxyl groups excluding tert-OH is 1. The second-order valence-electron chi connectivity index (χ2n) is 2.98. The fourth-order valence-electron chi connectivity index (χ4n) is 1.29. The SMILES string of the molecule is COCc1cc(F)cc(CCO)c1O. The average molecular weight is 200 g/mol. The van der Waals surface area contributed by atoms with Gasteiger partial charge in [-0.3, -0.25) is 0 Å². The summed E-state index contributed by atoms with van der Waals surface area (Å²) in [4.78, 5) is 0. The van der Waals surface area contributed by atoms with Crippen LogP contribution in [0.5, 0.6) is 5.75 Å². The molecule has 0 fully saturated rings. The molecule has 0 atom stereocenters. The van der Waals surface area contributed by atoms with E-state index < -0.39 is 5.82 Å². The van der Waals surface area contributed by atoms with Gasteiger partial charge in [-0.15, -0.1) is 0 Å². The van der Waals surface area contributed by atoms with Gasteiger partial charge >= 0.3 is 0 Å². The summed E-state index contributed by atoms with van der Waals surface area (Å²) in [6.07, 6.45) is 0.236. The topological polar surface area (TPSA) is 49.7 Å². The lowest BCUT2D eigenvalue weighted by Gasteiger charge is -2.08. The zero-order valence-electron chi connectivity index (χ0n) is 7.96. The number of aliphatic hydroxyl groups is 1. The molecule has 0 unspecified atom stereocenters. The van der Waals surface area contributed by atoms with Gasteiger partial charge < -0.3 is 14.9 Å². The zero-order valence-corrected chi connectivity index (χ0v) is 7.96. The van der Waals surface area contributed by atoms with Crippen molar-refractivity contribution in [2.75, 3.05) is 13.7 Å². The zero-order chi connectivity index (χ0) is 10.6. The van der Waals surface area contributed by atoms with Gasteiger partial charge in [-0.25, -0.2) is 4.39 Å². The third-order valence-corrected chi connectivity index (χ3v) is 1.91. The maximum Gasteiger partial charge on any atom is 0.124 e. The van der Waals surface area contributed by atoms with E-state index in [0.29, 0.717) is 11.1 Å². The Kier molecular flexibility index (Phi) is 3.85. The first-order chi connectivity index (χ1) is 6.69. The Morgan fingerprint density at radius 2 is 2.00 bits per heavy atom. The van der Waals surface area contributed by atoms with E-state index in [-0.39, 0.29) is 25.4 Å². The molecule has 1 rings (SSSR count). The van der Waals surface area contributed by atoms with Gasteiger partial charge in [0.15, 0.2) is 0 Å². The van der Waals surface area contributed by atoms with Crippen molar-refractivity contribution in [1.82, 2.24) is 0 Å². The predicted molar refractivity (Wildman–Crippen MR) is 49.6 cm³/mol. The van der Waals surface area contributed by atoms with Crippen molar-refractivity contribution in [3.63, 3.8) is 0 Å². The van der Waals surface area contributed by atoms with Gasteiger partial charge in [-0.05, 0) is 24.1 Å². The lowest BCUT2D eigenvalue weighted by Crippen LogP contribution is -1.97. The molecule has 1 aromatic carbocycles. The number of ether oxygens (including phenoxy) is 1. The first-order valence-electron chi connectivity index (χ1n) is 4.29. The summed E-state index contributed by atoms with van der Waals surface area (Å²) < 4.78 is 17.8. The molecule has 0 aliphatic carbocycles. The molecule has 4 heteroatoms. The van der Waals surface area contributed by atoms with Gasteiger partial charge in [0.25, 0.3) is 0 Å². The molecule has 0 amide bonds. The fourth-order valence-corrected chi connectivity index (χ4v) is 1.29. The molecular formula is C10H13FO3. The largest absolute Gasteiger partial charge is 0.507 e. The van der Waals surface area contributed by atoms with Crippen LogP contribution >= 0.6 is 0 Å². The Morgan fingerprint density at radius 1 is 1.36 bits per heavy atom. The highest BCUT2D eigenvalue weighted by atomic mass is 19.1. The number of benzene rings is 1. The summed E-state index contributed by atoms with van der Waals surface area (Å²) in [6, 6.07) is 2.43. The van der Waals surface area contributed by atoms with E-state index in [1.807, 2.05) is 0 Å². The fraction of sp³-hybridized carbons (Fsp3) is 0.400. The highest BCUT2D eigenvalue weighted by molar-refractivity contribution is 5.40. The molecule has 0 aromatic heterocycles. The van der Waals surface area contributed by atoms with Crippen LogP contribution in [-0.4, -0.2) is 23.9 Å². The Hall–Kier alpha value is -1.13.